The van der Waals surface area contributed by atoms with Gasteiger partial charge in [0.2, 0.25) is 21.8 Å². The summed E-state index contributed by atoms with van der Waals surface area (Å²) in [5.41, 5.74) is -0.637. The maximum Gasteiger partial charge on any atom is 0.229 e. The molecule has 0 radical (unpaired) electrons. The fourth-order valence-electron chi connectivity index (χ4n) is 5.43. The third-order valence-electron chi connectivity index (χ3n) is 6.83. The Hall–Kier alpha value is -1.15. The third-order valence-corrected chi connectivity index (χ3v) is 8.04. The molecule has 3 fully saturated rings. The number of rotatable bonds is 2. The Kier molecular flexibility index (Phi) is 4.43. The van der Waals surface area contributed by atoms with Gasteiger partial charge in [-0.25, -0.2) is 12.7 Å². The summed E-state index contributed by atoms with van der Waals surface area (Å²) in [5.74, 6) is 0.181. The van der Waals surface area contributed by atoms with Crippen molar-refractivity contribution in [1.29, 1.82) is 0 Å². The molecule has 3 aliphatic rings. The Labute approximate surface area is 150 Å². The van der Waals surface area contributed by atoms with Crippen LogP contribution >= 0.6 is 0 Å². The fourth-order valence-corrected chi connectivity index (χ4v) is 6.32. The molecule has 2 saturated heterocycles. The summed E-state index contributed by atoms with van der Waals surface area (Å²) in [7, 11) is 0.178. The highest BCUT2D eigenvalue weighted by Crippen LogP contribution is 2.62. The van der Waals surface area contributed by atoms with Crippen molar-refractivity contribution in [3.8, 4) is 0 Å². The normalized spacial score (nSPS) is 32.0. The van der Waals surface area contributed by atoms with Crippen LogP contribution in [0.3, 0.4) is 0 Å². The fraction of sp³-hybridized carbons (Fsp3) is 0.882. The lowest BCUT2D eigenvalue weighted by molar-refractivity contribution is -0.142. The summed E-state index contributed by atoms with van der Waals surface area (Å²) in [4.78, 5) is 28.2. The van der Waals surface area contributed by atoms with E-state index < -0.39 is 15.4 Å². The monoisotopic (exact) mass is 371 g/mol. The molecule has 0 unspecified atom stereocenters. The van der Waals surface area contributed by atoms with E-state index in [2.05, 4.69) is 0 Å². The number of nitrogens with zero attached hydrogens (tertiary/aromatic N) is 3. The van der Waals surface area contributed by atoms with Crippen LogP contribution in [0.5, 0.6) is 0 Å². The van der Waals surface area contributed by atoms with E-state index in [1.807, 2.05) is 4.90 Å². The molecule has 2 heterocycles. The average Bonchev–Trinajstić information content (AvgIpc) is 3.05. The Balaban J connectivity index is 1.93. The topological polar surface area (TPSA) is 78.0 Å². The molecule has 142 valence electrons. The first-order valence-electron chi connectivity index (χ1n) is 8.94. The van der Waals surface area contributed by atoms with Crippen LogP contribution in [-0.2, 0) is 19.6 Å². The van der Waals surface area contributed by atoms with Crippen LogP contribution in [0, 0.1) is 16.7 Å². The third kappa shape index (κ3) is 2.87. The molecule has 3 rings (SSSR count). The van der Waals surface area contributed by atoms with Gasteiger partial charge in [0.25, 0.3) is 0 Å². The van der Waals surface area contributed by atoms with E-state index in [0.29, 0.717) is 26.2 Å². The van der Waals surface area contributed by atoms with Crippen LogP contribution in [0.1, 0.15) is 32.6 Å². The van der Waals surface area contributed by atoms with Gasteiger partial charge in [0, 0.05) is 47.2 Å². The van der Waals surface area contributed by atoms with Gasteiger partial charge in [-0.05, 0) is 37.0 Å². The van der Waals surface area contributed by atoms with Gasteiger partial charge in [-0.15, -0.1) is 0 Å². The molecule has 1 spiro atoms. The molecular formula is C17H29N3O4S. The standard InChI is InChI=1S/C17H29N3O4S/c1-13(21)19-9-7-16(8-10-19)5-6-17(15(22)18(2)3)12-20(11-14(16)17)25(4,23)24/h14H,5-12H2,1-4H3/t14-,17+/m1/s1. The van der Waals surface area contributed by atoms with E-state index in [1.165, 1.54) is 10.6 Å². The number of sulfonamides is 1. The summed E-state index contributed by atoms with van der Waals surface area (Å²) in [6.45, 7) is 3.73. The molecule has 0 aromatic rings. The molecule has 2 atom stereocenters. The van der Waals surface area contributed by atoms with Crippen molar-refractivity contribution in [3.63, 3.8) is 0 Å². The van der Waals surface area contributed by atoms with Crippen molar-refractivity contribution in [2.24, 2.45) is 16.7 Å². The van der Waals surface area contributed by atoms with Crippen molar-refractivity contribution < 1.29 is 18.0 Å². The molecule has 0 aromatic heterocycles. The SMILES string of the molecule is CC(=O)N1CCC2(CC1)CC[C@]1(C(=O)N(C)C)CN(S(C)(=O)=O)C[C@H]21. The van der Waals surface area contributed by atoms with Crippen LogP contribution in [0.15, 0.2) is 0 Å². The van der Waals surface area contributed by atoms with E-state index in [-0.39, 0.29) is 23.1 Å². The number of carbonyl (C=O) groups is 2. The average molecular weight is 372 g/mol. The van der Waals surface area contributed by atoms with E-state index in [4.69, 9.17) is 0 Å². The molecule has 2 aliphatic heterocycles. The van der Waals surface area contributed by atoms with Gasteiger partial charge in [-0.2, -0.15) is 0 Å². The molecule has 1 aliphatic carbocycles. The molecule has 2 amide bonds. The lowest BCUT2D eigenvalue weighted by atomic mass is 9.65. The minimum Gasteiger partial charge on any atom is -0.348 e. The molecule has 8 heteroatoms. The lowest BCUT2D eigenvalue weighted by Crippen LogP contribution is -2.49. The highest BCUT2D eigenvalue weighted by atomic mass is 32.2. The minimum absolute atomic E-state index is 0.0307. The first-order valence-corrected chi connectivity index (χ1v) is 10.8. The van der Waals surface area contributed by atoms with Crippen LogP contribution < -0.4 is 0 Å². The Bertz CT molecular complexity index is 682. The van der Waals surface area contributed by atoms with E-state index in [9.17, 15) is 18.0 Å². The van der Waals surface area contributed by atoms with E-state index >= 15 is 0 Å². The Morgan fingerprint density at radius 3 is 2.16 bits per heavy atom. The van der Waals surface area contributed by atoms with Gasteiger partial charge >= 0.3 is 0 Å². The summed E-state index contributed by atoms with van der Waals surface area (Å²) < 4.78 is 25.8. The maximum absolute atomic E-state index is 13.1. The van der Waals surface area contributed by atoms with Crippen molar-refractivity contribution in [2.75, 3.05) is 46.5 Å². The van der Waals surface area contributed by atoms with Crippen molar-refractivity contribution in [2.45, 2.75) is 32.6 Å². The summed E-state index contributed by atoms with van der Waals surface area (Å²) >= 11 is 0. The summed E-state index contributed by atoms with van der Waals surface area (Å²) in [6, 6.07) is 0. The smallest absolute Gasteiger partial charge is 0.229 e. The highest BCUT2D eigenvalue weighted by Gasteiger charge is 2.65. The molecule has 1 saturated carbocycles. The zero-order chi connectivity index (χ0) is 18.6. The van der Waals surface area contributed by atoms with Crippen LogP contribution in [0.4, 0.5) is 0 Å². The van der Waals surface area contributed by atoms with Gasteiger partial charge in [-0.1, -0.05) is 0 Å². The molecule has 0 aromatic carbocycles. The quantitative estimate of drug-likeness (QED) is 0.703. The summed E-state index contributed by atoms with van der Waals surface area (Å²) in [5, 5.41) is 0. The van der Waals surface area contributed by atoms with Gasteiger partial charge in [0.1, 0.15) is 0 Å². The second kappa shape index (κ2) is 5.94. The first kappa shape index (κ1) is 18.6. The minimum atomic E-state index is -3.32. The predicted molar refractivity (Wildman–Crippen MR) is 94.2 cm³/mol. The predicted octanol–water partition coefficient (Wildman–Crippen LogP) is 0.375. The zero-order valence-electron chi connectivity index (χ0n) is 15.6. The van der Waals surface area contributed by atoms with Gasteiger partial charge in [0.05, 0.1) is 11.7 Å². The number of hydrogen-bond acceptors (Lipinski definition) is 4. The largest absolute Gasteiger partial charge is 0.348 e. The molecule has 25 heavy (non-hydrogen) atoms. The van der Waals surface area contributed by atoms with Crippen molar-refractivity contribution in [3.05, 3.63) is 0 Å². The molecule has 7 nitrogen and oxygen atoms in total. The zero-order valence-corrected chi connectivity index (χ0v) is 16.4. The van der Waals surface area contributed by atoms with Crippen molar-refractivity contribution in [1.82, 2.24) is 14.1 Å². The van der Waals surface area contributed by atoms with Gasteiger partial charge in [-0.3, -0.25) is 9.59 Å². The highest BCUT2D eigenvalue weighted by molar-refractivity contribution is 7.88. The number of piperidine rings is 1. The van der Waals surface area contributed by atoms with Crippen LogP contribution in [0.2, 0.25) is 0 Å². The molecular weight excluding hydrogens is 342 g/mol. The van der Waals surface area contributed by atoms with Crippen LogP contribution in [0.25, 0.3) is 0 Å². The first-order chi connectivity index (χ1) is 11.5. The number of amides is 2. The Morgan fingerprint density at radius 2 is 1.68 bits per heavy atom. The van der Waals surface area contributed by atoms with Gasteiger partial charge in [0.15, 0.2) is 0 Å². The van der Waals surface area contributed by atoms with E-state index in [0.717, 1.165) is 25.7 Å². The second-order valence-electron chi connectivity index (χ2n) is 8.33. The molecule has 0 N–H and O–H groups in total. The van der Waals surface area contributed by atoms with E-state index in [1.54, 1.807) is 25.9 Å². The summed E-state index contributed by atoms with van der Waals surface area (Å²) in [6.07, 6.45) is 4.63. The number of hydrogen-bond donors (Lipinski definition) is 0. The molecule has 0 bridgehead atoms. The van der Waals surface area contributed by atoms with Gasteiger partial charge < -0.3 is 9.80 Å². The second-order valence-corrected chi connectivity index (χ2v) is 10.3. The number of likely N-dealkylation sites (tertiary alicyclic amines) is 1. The maximum atomic E-state index is 13.1. The lowest BCUT2D eigenvalue weighted by Gasteiger charge is -2.44. The number of carbonyl (C=O) groups excluding carboxylic acids is 2. The van der Waals surface area contributed by atoms with Crippen molar-refractivity contribution >= 4 is 21.8 Å². The Morgan fingerprint density at radius 1 is 1.08 bits per heavy atom. The number of fused-ring (bicyclic) bond motifs is 2. The van der Waals surface area contributed by atoms with Crippen LogP contribution in [-0.4, -0.2) is 80.9 Å².